The van der Waals surface area contributed by atoms with E-state index in [0.29, 0.717) is 6.61 Å². The Balaban J connectivity index is 1.81. The summed E-state index contributed by atoms with van der Waals surface area (Å²) in [5.41, 5.74) is 3.79. The molecule has 2 aromatic carbocycles. The minimum atomic E-state index is -1.03. The van der Waals surface area contributed by atoms with Gasteiger partial charge >= 0.3 is 5.97 Å². The molecule has 0 radical (unpaired) electrons. The summed E-state index contributed by atoms with van der Waals surface area (Å²) in [5, 5.41) is 13.1. The highest BCUT2D eigenvalue weighted by atomic mass is 16.5. The van der Waals surface area contributed by atoms with Crippen molar-refractivity contribution in [2.75, 3.05) is 0 Å². The first-order chi connectivity index (χ1) is 11.5. The molecule has 3 aromatic rings. The van der Waals surface area contributed by atoms with Crippen molar-refractivity contribution < 1.29 is 14.6 Å². The summed E-state index contributed by atoms with van der Waals surface area (Å²) < 4.78 is 7.44. The average molecular weight is 322 g/mol. The smallest absolute Gasteiger partial charge is 0.356 e. The van der Waals surface area contributed by atoms with Crippen molar-refractivity contribution in [1.29, 1.82) is 0 Å². The van der Waals surface area contributed by atoms with E-state index in [4.69, 9.17) is 9.84 Å². The molecule has 0 bridgehead atoms. The van der Waals surface area contributed by atoms with E-state index >= 15 is 0 Å². The normalized spacial score (nSPS) is 10.6. The topological polar surface area (TPSA) is 64.3 Å². The monoisotopic (exact) mass is 322 g/mol. The summed E-state index contributed by atoms with van der Waals surface area (Å²) in [5.74, 6) is -0.223. The zero-order valence-corrected chi connectivity index (χ0v) is 13.6. The molecule has 1 heterocycles. The maximum absolute atomic E-state index is 11.0. The van der Waals surface area contributed by atoms with Gasteiger partial charge in [-0.05, 0) is 42.3 Å². The quantitative estimate of drug-likeness (QED) is 0.778. The Morgan fingerprint density at radius 1 is 1.17 bits per heavy atom. The average Bonchev–Trinajstić information content (AvgIpc) is 2.97. The van der Waals surface area contributed by atoms with Gasteiger partial charge in [0.2, 0.25) is 0 Å². The Kier molecular flexibility index (Phi) is 4.33. The van der Waals surface area contributed by atoms with Crippen molar-refractivity contribution in [1.82, 2.24) is 9.78 Å². The second-order valence-corrected chi connectivity index (χ2v) is 5.60. The van der Waals surface area contributed by atoms with Crippen LogP contribution in [0.3, 0.4) is 0 Å². The molecule has 1 N–H and O–H groups in total. The van der Waals surface area contributed by atoms with Crippen LogP contribution in [0, 0.1) is 6.92 Å². The van der Waals surface area contributed by atoms with Crippen LogP contribution in [0.25, 0.3) is 11.3 Å². The molecular formula is C19H18N2O3. The molecule has 0 aliphatic carbocycles. The fourth-order valence-electron chi connectivity index (χ4n) is 2.55. The highest BCUT2D eigenvalue weighted by Crippen LogP contribution is 2.27. The molecule has 122 valence electrons. The number of aromatic carboxylic acids is 1. The van der Waals surface area contributed by atoms with Gasteiger partial charge in [0.25, 0.3) is 0 Å². The lowest BCUT2D eigenvalue weighted by atomic mass is 10.1. The molecule has 5 heteroatoms. The molecule has 0 unspecified atom stereocenters. The molecule has 0 fully saturated rings. The Hall–Kier alpha value is -3.08. The summed E-state index contributed by atoms with van der Waals surface area (Å²) >= 11 is 0. The molecule has 0 saturated heterocycles. The lowest BCUT2D eigenvalue weighted by molar-refractivity contribution is 0.0689. The minimum absolute atomic E-state index is 0.0366. The Labute approximate surface area is 140 Å². The second kappa shape index (κ2) is 6.58. The molecule has 3 rings (SSSR count). The maximum atomic E-state index is 11.0. The molecular weight excluding hydrogens is 304 g/mol. The largest absolute Gasteiger partial charge is 0.489 e. The number of nitrogens with zero attached hydrogens (tertiary/aromatic N) is 2. The van der Waals surface area contributed by atoms with Crippen molar-refractivity contribution in [3.8, 4) is 17.0 Å². The Morgan fingerprint density at radius 2 is 1.92 bits per heavy atom. The molecule has 0 spiro atoms. The predicted molar refractivity (Wildman–Crippen MR) is 91.1 cm³/mol. The fraction of sp³-hybridized carbons (Fsp3) is 0.158. The third-order valence-electron chi connectivity index (χ3n) is 3.81. The van der Waals surface area contributed by atoms with Crippen LogP contribution in [0.15, 0.2) is 54.6 Å². The number of hydrogen-bond donors (Lipinski definition) is 1. The second-order valence-electron chi connectivity index (χ2n) is 5.60. The van der Waals surface area contributed by atoms with E-state index in [1.807, 2.05) is 55.5 Å². The SMILES string of the molecule is Cc1cc(-c2cc(C(=O)O)nn2C)ccc1OCc1ccccc1. The van der Waals surface area contributed by atoms with Crippen LogP contribution >= 0.6 is 0 Å². The van der Waals surface area contributed by atoms with Gasteiger partial charge < -0.3 is 9.84 Å². The van der Waals surface area contributed by atoms with Crippen LogP contribution in [-0.2, 0) is 13.7 Å². The van der Waals surface area contributed by atoms with Crippen molar-refractivity contribution >= 4 is 5.97 Å². The van der Waals surface area contributed by atoms with E-state index in [9.17, 15) is 4.79 Å². The van der Waals surface area contributed by atoms with Crippen LogP contribution in [0.4, 0.5) is 0 Å². The van der Waals surface area contributed by atoms with E-state index in [1.54, 1.807) is 17.8 Å². The van der Waals surface area contributed by atoms with Gasteiger partial charge in [-0.15, -0.1) is 0 Å². The first-order valence-electron chi connectivity index (χ1n) is 7.59. The van der Waals surface area contributed by atoms with Crippen LogP contribution in [0.2, 0.25) is 0 Å². The Morgan fingerprint density at radius 3 is 2.54 bits per heavy atom. The van der Waals surface area contributed by atoms with E-state index in [1.165, 1.54) is 0 Å². The number of benzene rings is 2. The summed E-state index contributed by atoms with van der Waals surface area (Å²) in [4.78, 5) is 11.0. The highest BCUT2D eigenvalue weighted by molar-refractivity contribution is 5.87. The third-order valence-corrected chi connectivity index (χ3v) is 3.81. The van der Waals surface area contributed by atoms with E-state index in [-0.39, 0.29) is 5.69 Å². The van der Waals surface area contributed by atoms with Crippen molar-refractivity contribution in [2.45, 2.75) is 13.5 Å². The first kappa shape index (κ1) is 15.8. The van der Waals surface area contributed by atoms with Crippen molar-refractivity contribution in [3.63, 3.8) is 0 Å². The molecule has 0 aliphatic heterocycles. The van der Waals surface area contributed by atoms with Crippen LogP contribution < -0.4 is 4.74 Å². The third kappa shape index (κ3) is 3.30. The van der Waals surface area contributed by atoms with Crippen LogP contribution in [0.5, 0.6) is 5.75 Å². The lowest BCUT2D eigenvalue weighted by Gasteiger charge is -2.11. The van der Waals surface area contributed by atoms with Gasteiger partial charge in [-0.2, -0.15) is 5.10 Å². The summed E-state index contributed by atoms with van der Waals surface area (Å²) in [6.45, 7) is 2.48. The Bertz CT molecular complexity index is 870. The maximum Gasteiger partial charge on any atom is 0.356 e. The number of aryl methyl sites for hydroxylation is 2. The number of carbonyl (C=O) groups is 1. The molecule has 0 atom stereocenters. The van der Waals surface area contributed by atoms with Gasteiger partial charge in [-0.3, -0.25) is 4.68 Å². The molecule has 5 nitrogen and oxygen atoms in total. The van der Waals surface area contributed by atoms with Gasteiger partial charge in [0, 0.05) is 12.6 Å². The van der Waals surface area contributed by atoms with Gasteiger partial charge in [-0.1, -0.05) is 30.3 Å². The van der Waals surface area contributed by atoms with Crippen molar-refractivity contribution in [3.05, 3.63) is 71.4 Å². The summed E-state index contributed by atoms with van der Waals surface area (Å²) in [7, 11) is 1.73. The van der Waals surface area contributed by atoms with Gasteiger partial charge in [-0.25, -0.2) is 4.79 Å². The van der Waals surface area contributed by atoms with Gasteiger partial charge in [0.05, 0.1) is 5.69 Å². The van der Waals surface area contributed by atoms with Gasteiger partial charge in [0.15, 0.2) is 5.69 Å². The van der Waals surface area contributed by atoms with E-state index in [2.05, 4.69) is 5.10 Å². The van der Waals surface area contributed by atoms with E-state index < -0.39 is 5.97 Å². The van der Waals surface area contributed by atoms with Crippen molar-refractivity contribution in [2.24, 2.45) is 7.05 Å². The van der Waals surface area contributed by atoms with E-state index in [0.717, 1.165) is 28.1 Å². The number of ether oxygens (including phenoxy) is 1. The standard InChI is InChI=1S/C19H18N2O3/c1-13-10-15(17-11-16(19(22)23)20-21(17)2)8-9-18(13)24-12-14-6-4-3-5-7-14/h3-11H,12H2,1-2H3,(H,22,23). The summed E-state index contributed by atoms with van der Waals surface area (Å²) in [6.07, 6.45) is 0. The van der Waals surface area contributed by atoms with Gasteiger partial charge in [0.1, 0.15) is 12.4 Å². The molecule has 0 amide bonds. The molecule has 0 aliphatic rings. The number of rotatable bonds is 5. The fourth-order valence-corrected chi connectivity index (χ4v) is 2.55. The zero-order valence-electron chi connectivity index (χ0n) is 13.6. The van der Waals surface area contributed by atoms with Crippen LogP contribution in [0.1, 0.15) is 21.6 Å². The number of aromatic nitrogens is 2. The molecule has 0 saturated carbocycles. The minimum Gasteiger partial charge on any atom is -0.489 e. The zero-order chi connectivity index (χ0) is 17.1. The summed E-state index contributed by atoms with van der Waals surface area (Å²) in [6, 6.07) is 17.3. The lowest BCUT2D eigenvalue weighted by Crippen LogP contribution is -1.99. The highest BCUT2D eigenvalue weighted by Gasteiger charge is 2.13. The number of carboxylic acids is 1. The number of hydrogen-bond acceptors (Lipinski definition) is 3. The molecule has 24 heavy (non-hydrogen) atoms. The first-order valence-corrected chi connectivity index (χ1v) is 7.59. The predicted octanol–water partition coefficient (Wildman–Crippen LogP) is 3.67. The molecule has 1 aromatic heterocycles. The van der Waals surface area contributed by atoms with Crippen LogP contribution in [-0.4, -0.2) is 20.9 Å². The number of carboxylic acid groups (broad SMARTS) is 1.